The predicted molar refractivity (Wildman–Crippen MR) is 178 cm³/mol. The summed E-state index contributed by atoms with van der Waals surface area (Å²) < 4.78 is 21.1. The molecule has 5 nitrogen and oxygen atoms in total. The zero-order valence-electron chi connectivity index (χ0n) is 25.4. The Hall–Kier alpha value is -2.38. The third-order valence-electron chi connectivity index (χ3n) is 7.96. The molecule has 3 aromatic carbocycles. The number of benzene rings is 3. The zero-order valence-corrected chi connectivity index (χ0v) is 30.7. The third kappa shape index (κ3) is 7.88. The lowest BCUT2D eigenvalue weighted by Crippen LogP contribution is -2.66. The van der Waals surface area contributed by atoms with Crippen LogP contribution in [0.1, 0.15) is 53.6 Å². The van der Waals surface area contributed by atoms with Crippen LogP contribution in [0.2, 0.25) is 0 Å². The second-order valence-electron chi connectivity index (χ2n) is 10.8. The van der Waals surface area contributed by atoms with Crippen LogP contribution in [0.25, 0.3) is 0 Å². The van der Waals surface area contributed by atoms with Gasteiger partial charge in [-0.3, -0.25) is 4.79 Å². The lowest BCUT2D eigenvalue weighted by Gasteiger charge is -2.38. The highest BCUT2D eigenvalue weighted by molar-refractivity contribution is 6.79. The molecule has 0 radical (unpaired) electrons. The second-order valence-corrected chi connectivity index (χ2v) is 19.3. The SMILES string of the molecule is C=C(C)C(=O)NC(CC)[Si](O[SiH2]c1cccc(C)c1C)(O[SiH2]c1cccc(C)c1C)O[SiH2]c1cccc(C)c1C. The van der Waals surface area contributed by atoms with E-state index < -0.39 is 38.1 Å². The van der Waals surface area contributed by atoms with Crippen LogP contribution in [-0.4, -0.2) is 49.7 Å². The van der Waals surface area contributed by atoms with Crippen LogP contribution in [-0.2, 0) is 17.1 Å². The van der Waals surface area contributed by atoms with Crippen LogP contribution in [0.15, 0.2) is 66.7 Å². The van der Waals surface area contributed by atoms with Crippen LogP contribution >= 0.6 is 0 Å². The number of rotatable bonds is 13. The Balaban J connectivity index is 2.07. The molecule has 1 N–H and O–H groups in total. The van der Waals surface area contributed by atoms with Crippen LogP contribution in [0, 0.1) is 41.5 Å². The first-order valence-corrected chi connectivity index (χ1v) is 19.7. The van der Waals surface area contributed by atoms with Gasteiger partial charge in [0.25, 0.3) is 0 Å². The van der Waals surface area contributed by atoms with Crippen molar-refractivity contribution in [1.29, 1.82) is 0 Å². The molecule has 0 aliphatic rings. The summed E-state index contributed by atoms with van der Waals surface area (Å²) in [6.07, 6.45) is 0.648. The van der Waals surface area contributed by atoms with Crippen LogP contribution in [0.3, 0.4) is 0 Å². The highest BCUT2D eigenvalue weighted by Gasteiger charge is 2.49. The second kappa shape index (κ2) is 14.5. The van der Waals surface area contributed by atoms with Crippen molar-refractivity contribution in [1.82, 2.24) is 5.32 Å². The first-order valence-electron chi connectivity index (χ1n) is 14.0. The summed E-state index contributed by atoms with van der Waals surface area (Å²) >= 11 is 0. The molecule has 3 aromatic rings. The number of amides is 1. The van der Waals surface area contributed by atoms with E-state index >= 15 is 0 Å². The fourth-order valence-corrected chi connectivity index (χ4v) is 17.5. The van der Waals surface area contributed by atoms with E-state index in [0.29, 0.717) is 12.0 Å². The van der Waals surface area contributed by atoms with Gasteiger partial charge >= 0.3 is 8.80 Å². The highest BCUT2D eigenvalue weighted by Crippen LogP contribution is 2.19. The fourth-order valence-electron chi connectivity index (χ4n) is 4.59. The number of carbonyl (C=O) groups is 1. The van der Waals surface area contributed by atoms with Crippen molar-refractivity contribution in [2.45, 2.75) is 67.5 Å². The lowest BCUT2D eigenvalue weighted by atomic mass is 10.1. The van der Waals surface area contributed by atoms with E-state index in [-0.39, 0.29) is 11.6 Å². The molecule has 9 heteroatoms. The summed E-state index contributed by atoms with van der Waals surface area (Å²) in [5.41, 5.74) is 7.63. The summed E-state index contributed by atoms with van der Waals surface area (Å²) in [5.74, 6) is -0.185. The summed E-state index contributed by atoms with van der Waals surface area (Å²) in [7, 11) is -7.06. The zero-order chi connectivity index (χ0) is 29.4. The molecule has 1 atom stereocenters. The Morgan fingerprint density at radius 3 is 1.40 bits per heavy atom. The van der Waals surface area contributed by atoms with Crippen molar-refractivity contribution >= 4 is 59.6 Å². The van der Waals surface area contributed by atoms with Crippen molar-refractivity contribution in [2.75, 3.05) is 0 Å². The van der Waals surface area contributed by atoms with Crippen molar-refractivity contribution in [3.05, 3.63) is 100 Å². The van der Waals surface area contributed by atoms with Crippen LogP contribution in [0.5, 0.6) is 0 Å². The quantitative estimate of drug-likeness (QED) is 0.239. The van der Waals surface area contributed by atoms with Gasteiger partial charge in [-0.2, -0.15) is 0 Å². The summed E-state index contributed by atoms with van der Waals surface area (Å²) in [4.78, 5) is 13.0. The summed E-state index contributed by atoms with van der Waals surface area (Å²) in [6.45, 7) is 20.5. The molecular weight excluding hydrogens is 563 g/mol. The smallest absolute Gasteiger partial charge is 0.417 e. The van der Waals surface area contributed by atoms with Gasteiger partial charge in [-0.15, -0.1) is 0 Å². The van der Waals surface area contributed by atoms with Crippen molar-refractivity contribution in [3.63, 3.8) is 0 Å². The van der Waals surface area contributed by atoms with Gasteiger partial charge in [-0.1, -0.05) is 68.1 Å². The molecule has 0 aliphatic carbocycles. The number of hydrogen-bond donors (Lipinski definition) is 1. The predicted octanol–water partition coefficient (Wildman–Crippen LogP) is 2.06. The molecule has 0 saturated carbocycles. The third-order valence-corrected chi connectivity index (χ3v) is 19.2. The molecule has 0 heterocycles. The maximum absolute atomic E-state index is 13.0. The van der Waals surface area contributed by atoms with Gasteiger partial charge < -0.3 is 17.7 Å². The molecule has 214 valence electrons. The van der Waals surface area contributed by atoms with Crippen molar-refractivity contribution in [2.24, 2.45) is 0 Å². The molecular formula is C31H45NO4Si4. The molecule has 0 bridgehead atoms. The van der Waals surface area contributed by atoms with Crippen molar-refractivity contribution in [3.8, 4) is 0 Å². The average molecular weight is 608 g/mol. The minimum absolute atomic E-state index is 0.185. The van der Waals surface area contributed by atoms with Crippen molar-refractivity contribution < 1.29 is 17.1 Å². The highest BCUT2D eigenvalue weighted by atomic mass is 28.5. The Bertz CT molecular complexity index is 1230. The summed E-state index contributed by atoms with van der Waals surface area (Å²) in [6, 6.07) is 19.1. The van der Waals surface area contributed by atoms with Gasteiger partial charge in [0.1, 0.15) is 0 Å². The molecule has 0 fully saturated rings. The standard InChI is InChI=1S/C31H45NO4Si4/c1-10-30(32-31(33)20(2)3)40(34-37-27-17-11-14-21(4)24(27)7,35-38-28-18-12-15-22(5)25(28)8)36-39-29-19-13-16-23(6)26(29)9/h11-19,30H,2,10,37-39H2,1,3-9H3,(H,32,33). The average Bonchev–Trinajstić information content (AvgIpc) is 2.93. The van der Waals surface area contributed by atoms with E-state index in [4.69, 9.17) is 12.3 Å². The largest absolute Gasteiger partial charge is 0.492 e. The fraction of sp³-hybridized carbons (Fsp3) is 0.323. The van der Waals surface area contributed by atoms with E-state index in [1.807, 2.05) is 0 Å². The first-order chi connectivity index (χ1) is 19.0. The molecule has 0 aliphatic heterocycles. The minimum Gasteiger partial charge on any atom is -0.417 e. The molecule has 3 rings (SSSR count). The van der Waals surface area contributed by atoms with E-state index in [2.05, 4.69) is 115 Å². The van der Waals surface area contributed by atoms with Gasteiger partial charge in [0, 0.05) is 5.57 Å². The van der Waals surface area contributed by atoms with Gasteiger partial charge in [0.15, 0.2) is 29.3 Å². The molecule has 0 aromatic heterocycles. The van der Waals surface area contributed by atoms with Gasteiger partial charge in [0.2, 0.25) is 5.91 Å². The number of nitrogens with one attached hydrogen (secondary N) is 1. The Morgan fingerprint density at radius 1 is 0.750 bits per heavy atom. The molecule has 40 heavy (non-hydrogen) atoms. The van der Waals surface area contributed by atoms with Gasteiger partial charge in [0.05, 0.1) is 5.67 Å². The van der Waals surface area contributed by atoms with E-state index in [1.54, 1.807) is 6.92 Å². The summed E-state index contributed by atoms with van der Waals surface area (Å²) in [5, 5.41) is 6.94. The molecule has 1 unspecified atom stereocenters. The van der Waals surface area contributed by atoms with E-state index in [9.17, 15) is 4.79 Å². The topological polar surface area (TPSA) is 56.8 Å². The molecule has 0 spiro atoms. The normalized spacial score (nSPS) is 14.4. The Morgan fingerprint density at radius 2 is 1.10 bits per heavy atom. The van der Waals surface area contributed by atoms with E-state index in [1.165, 1.54) is 48.9 Å². The van der Waals surface area contributed by atoms with Gasteiger partial charge in [-0.05, 0) is 104 Å². The van der Waals surface area contributed by atoms with E-state index in [0.717, 1.165) is 0 Å². The number of hydrogen-bond acceptors (Lipinski definition) is 4. The number of aryl methyl sites for hydroxylation is 3. The lowest BCUT2D eigenvalue weighted by molar-refractivity contribution is -0.118. The van der Waals surface area contributed by atoms with Gasteiger partial charge in [-0.25, -0.2) is 0 Å². The van der Waals surface area contributed by atoms with Crippen LogP contribution in [0.4, 0.5) is 0 Å². The number of carbonyl (C=O) groups excluding carboxylic acids is 1. The minimum atomic E-state index is -3.39. The van der Waals surface area contributed by atoms with Crippen LogP contribution < -0.4 is 20.9 Å². The maximum atomic E-state index is 13.0. The maximum Gasteiger partial charge on any atom is 0.492 e. The first kappa shape index (κ1) is 32.1. The molecule has 0 saturated heterocycles. The Kier molecular flexibility index (Phi) is 11.6. The monoisotopic (exact) mass is 607 g/mol. The Labute approximate surface area is 248 Å². The molecule has 1 amide bonds.